The van der Waals surface area contributed by atoms with Gasteiger partial charge >= 0.3 is 0 Å². The number of pyridine rings is 1. The molecule has 0 bridgehead atoms. The van der Waals surface area contributed by atoms with E-state index < -0.39 is 0 Å². The molecule has 0 fully saturated rings. The maximum Gasteiger partial charge on any atom is 0.126 e. The van der Waals surface area contributed by atoms with Gasteiger partial charge in [0.1, 0.15) is 5.82 Å². The summed E-state index contributed by atoms with van der Waals surface area (Å²) in [6, 6.07) is 16.4. The van der Waals surface area contributed by atoms with Crippen molar-refractivity contribution in [3.63, 3.8) is 0 Å². The molecule has 0 atom stereocenters. The predicted molar refractivity (Wildman–Crippen MR) is 74.2 cm³/mol. The van der Waals surface area contributed by atoms with E-state index in [2.05, 4.69) is 9.97 Å². The highest BCUT2D eigenvalue weighted by molar-refractivity contribution is 5.23. The summed E-state index contributed by atoms with van der Waals surface area (Å²) in [4.78, 5) is 6.83. The third kappa shape index (κ3) is 4.39. The molecular formula is C16H15FN2. The SMILES string of the molecule is Fc1ccccc1Cc1ccc[nH]1.c1ccncc1. The van der Waals surface area contributed by atoms with Crippen LogP contribution in [-0.4, -0.2) is 9.97 Å². The van der Waals surface area contributed by atoms with Gasteiger partial charge in [-0.15, -0.1) is 0 Å². The second-order valence-electron chi connectivity index (χ2n) is 3.99. The number of nitrogens with zero attached hydrogens (tertiary/aromatic N) is 1. The first-order chi connectivity index (χ1) is 9.36. The maximum absolute atomic E-state index is 13.2. The van der Waals surface area contributed by atoms with E-state index in [4.69, 9.17) is 0 Å². The number of hydrogen-bond donors (Lipinski definition) is 1. The third-order valence-corrected chi connectivity index (χ3v) is 2.57. The lowest BCUT2D eigenvalue weighted by Crippen LogP contribution is -1.91. The average molecular weight is 254 g/mol. The second-order valence-corrected chi connectivity index (χ2v) is 3.99. The van der Waals surface area contributed by atoms with Crippen LogP contribution in [0.1, 0.15) is 11.3 Å². The Labute approximate surface area is 112 Å². The highest BCUT2D eigenvalue weighted by Gasteiger charge is 2.01. The van der Waals surface area contributed by atoms with Crippen molar-refractivity contribution >= 4 is 0 Å². The van der Waals surface area contributed by atoms with Gasteiger partial charge in [-0.3, -0.25) is 4.98 Å². The van der Waals surface area contributed by atoms with Gasteiger partial charge in [0.25, 0.3) is 0 Å². The first-order valence-electron chi connectivity index (χ1n) is 6.07. The molecule has 2 heterocycles. The van der Waals surface area contributed by atoms with Gasteiger partial charge < -0.3 is 4.98 Å². The summed E-state index contributed by atoms with van der Waals surface area (Å²) < 4.78 is 13.2. The summed E-state index contributed by atoms with van der Waals surface area (Å²) in [6.45, 7) is 0. The zero-order chi connectivity index (χ0) is 13.3. The fraction of sp³-hybridized carbons (Fsp3) is 0.0625. The Morgan fingerprint density at radius 1 is 0.895 bits per heavy atom. The lowest BCUT2D eigenvalue weighted by atomic mass is 10.1. The van der Waals surface area contributed by atoms with Crippen LogP contribution < -0.4 is 0 Å². The number of rotatable bonds is 2. The Balaban J connectivity index is 0.000000186. The zero-order valence-electron chi connectivity index (χ0n) is 10.5. The van der Waals surface area contributed by atoms with Crippen molar-refractivity contribution in [3.05, 3.63) is 90.3 Å². The number of aromatic nitrogens is 2. The van der Waals surface area contributed by atoms with Crippen molar-refractivity contribution in [2.45, 2.75) is 6.42 Å². The van der Waals surface area contributed by atoms with Crippen molar-refractivity contribution in [3.8, 4) is 0 Å². The van der Waals surface area contributed by atoms with Crippen molar-refractivity contribution < 1.29 is 4.39 Å². The number of aromatic amines is 1. The van der Waals surface area contributed by atoms with Gasteiger partial charge in [0.2, 0.25) is 0 Å². The Morgan fingerprint density at radius 2 is 1.68 bits per heavy atom. The summed E-state index contributed by atoms with van der Waals surface area (Å²) in [5.74, 6) is -0.142. The summed E-state index contributed by atoms with van der Waals surface area (Å²) in [6.07, 6.45) is 5.97. The normalized spacial score (nSPS) is 9.53. The van der Waals surface area contributed by atoms with Crippen LogP contribution >= 0.6 is 0 Å². The Hall–Kier alpha value is -2.42. The van der Waals surface area contributed by atoms with E-state index in [0.29, 0.717) is 6.42 Å². The minimum atomic E-state index is -0.142. The van der Waals surface area contributed by atoms with Crippen LogP contribution in [0.4, 0.5) is 4.39 Å². The van der Waals surface area contributed by atoms with Crippen LogP contribution in [0.25, 0.3) is 0 Å². The van der Waals surface area contributed by atoms with E-state index in [9.17, 15) is 4.39 Å². The zero-order valence-corrected chi connectivity index (χ0v) is 10.5. The molecular weight excluding hydrogens is 239 g/mol. The molecule has 0 saturated heterocycles. The average Bonchev–Trinajstić information content (AvgIpc) is 2.97. The molecule has 0 unspecified atom stereocenters. The summed E-state index contributed by atoms with van der Waals surface area (Å²) in [5.41, 5.74) is 1.76. The van der Waals surface area contributed by atoms with Crippen LogP contribution in [0.5, 0.6) is 0 Å². The smallest absolute Gasteiger partial charge is 0.126 e. The topological polar surface area (TPSA) is 28.7 Å². The molecule has 1 N–H and O–H groups in total. The lowest BCUT2D eigenvalue weighted by molar-refractivity contribution is 0.613. The van der Waals surface area contributed by atoms with Crippen molar-refractivity contribution in [1.29, 1.82) is 0 Å². The van der Waals surface area contributed by atoms with E-state index >= 15 is 0 Å². The van der Waals surface area contributed by atoms with Crippen LogP contribution in [0.15, 0.2) is 73.2 Å². The molecule has 2 aromatic heterocycles. The van der Waals surface area contributed by atoms with Gasteiger partial charge in [-0.25, -0.2) is 4.39 Å². The van der Waals surface area contributed by atoms with Gasteiger partial charge in [-0.05, 0) is 35.9 Å². The van der Waals surface area contributed by atoms with Crippen LogP contribution in [0.3, 0.4) is 0 Å². The van der Waals surface area contributed by atoms with E-state index in [-0.39, 0.29) is 5.82 Å². The van der Waals surface area contributed by atoms with Crippen LogP contribution in [0, 0.1) is 5.82 Å². The first kappa shape index (κ1) is 13.0. The molecule has 2 nitrogen and oxygen atoms in total. The molecule has 0 radical (unpaired) electrons. The van der Waals surface area contributed by atoms with E-state index in [1.54, 1.807) is 24.5 Å². The molecule has 3 heteroatoms. The fourth-order valence-electron chi connectivity index (χ4n) is 1.64. The van der Waals surface area contributed by atoms with Crippen LogP contribution in [0.2, 0.25) is 0 Å². The molecule has 1 aromatic carbocycles. The number of halogens is 1. The number of benzene rings is 1. The Bertz CT molecular complexity index is 550. The van der Waals surface area contributed by atoms with Crippen molar-refractivity contribution in [2.24, 2.45) is 0 Å². The lowest BCUT2D eigenvalue weighted by Gasteiger charge is -1.99. The van der Waals surface area contributed by atoms with Gasteiger partial charge in [0.15, 0.2) is 0 Å². The summed E-state index contributed by atoms with van der Waals surface area (Å²) in [5, 5.41) is 0. The Morgan fingerprint density at radius 3 is 2.21 bits per heavy atom. The van der Waals surface area contributed by atoms with Gasteiger partial charge in [-0.2, -0.15) is 0 Å². The quantitative estimate of drug-likeness (QED) is 0.739. The van der Waals surface area contributed by atoms with E-state index in [0.717, 1.165) is 11.3 Å². The van der Waals surface area contributed by atoms with Gasteiger partial charge in [-0.1, -0.05) is 24.3 Å². The molecule has 0 aliphatic carbocycles. The number of hydrogen-bond acceptors (Lipinski definition) is 1. The number of H-pyrrole nitrogens is 1. The molecule has 0 aliphatic heterocycles. The predicted octanol–water partition coefficient (Wildman–Crippen LogP) is 3.83. The Kier molecular flexibility index (Phi) is 4.87. The van der Waals surface area contributed by atoms with Crippen molar-refractivity contribution in [1.82, 2.24) is 9.97 Å². The maximum atomic E-state index is 13.2. The highest BCUT2D eigenvalue weighted by atomic mass is 19.1. The van der Waals surface area contributed by atoms with Gasteiger partial charge in [0, 0.05) is 30.7 Å². The second kappa shape index (κ2) is 7.11. The minimum absolute atomic E-state index is 0.142. The van der Waals surface area contributed by atoms with E-state index in [1.807, 2.05) is 42.6 Å². The molecule has 0 amide bonds. The first-order valence-corrected chi connectivity index (χ1v) is 6.07. The highest BCUT2D eigenvalue weighted by Crippen LogP contribution is 2.11. The molecule has 19 heavy (non-hydrogen) atoms. The van der Waals surface area contributed by atoms with Gasteiger partial charge in [0.05, 0.1) is 0 Å². The molecule has 0 saturated carbocycles. The largest absolute Gasteiger partial charge is 0.365 e. The molecule has 3 aromatic rings. The summed E-state index contributed by atoms with van der Waals surface area (Å²) in [7, 11) is 0. The van der Waals surface area contributed by atoms with Crippen molar-refractivity contribution in [2.75, 3.05) is 0 Å². The molecule has 0 aliphatic rings. The minimum Gasteiger partial charge on any atom is -0.365 e. The molecule has 3 rings (SSSR count). The standard InChI is InChI=1S/C11H10FN.C5H5N/c12-11-6-2-1-4-9(11)8-10-5-3-7-13-10;1-2-4-6-5-3-1/h1-7,13H,8H2;1-5H. The van der Waals surface area contributed by atoms with Crippen LogP contribution in [-0.2, 0) is 6.42 Å². The summed E-state index contributed by atoms with van der Waals surface area (Å²) >= 11 is 0. The number of nitrogens with one attached hydrogen (secondary N) is 1. The van der Waals surface area contributed by atoms with E-state index in [1.165, 1.54) is 6.07 Å². The monoisotopic (exact) mass is 254 g/mol. The molecule has 0 spiro atoms. The molecule has 96 valence electrons. The fourth-order valence-corrected chi connectivity index (χ4v) is 1.64. The third-order valence-electron chi connectivity index (χ3n) is 2.57.